The SMILES string of the molecule is COc1ccc([Si](C)(C)[C@@H]2[C@@H](CCO)O[C@]3(C(=O)N(Cc4ccc(NC(=O)[C@H]5CCCN5)cc4)c4ccccc43)[C@H]2C)cc1. The number of carbonyl (C=O) groups is 2. The van der Waals surface area contributed by atoms with Crippen LogP contribution in [0.25, 0.3) is 0 Å². The molecule has 232 valence electrons. The van der Waals surface area contributed by atoms with Crippen molar-refractivity contribution < 1.29 is 24.2 Å². The number of anilines is 2. The van der Waals surface area contributed by atoms with Gasteiger partial charge in [-0.05, 0) is 67.2 Å². The van der Waals surface area contributed by atoms with Crippen molar-refractivity contribution in [3.8, 4) is 5.75 Å². The number of amides is 2. The van der Waals surface area contributed by atoms with E-state index in [0.717, 1.165) is 47.6 Å². The Kier molecular flexibility index (Phi) is 8.41. The van der Waals surface area contributed by atoms with E-state index in [-0.39, 0.29) is 42.0 Å². The zero-order valence-corrected chi connectivity index (χ0v) is 27.0. The fraction of sp³-hybridized carbons (Fsp3) is 0.429. The molecule has 0 aliphatic carbocycles. The number of para-hydroxylation sites is 1. The van der Waals surface area contributed by atoms with E-state index in [1.54, 1.807) is 7.11 Å². The van der Waals surface area contributed by atoms with Crippen molar-refractivity contribution in [1.29, 1.82) is 0 Å². The summed E-state index contributed by atoms with van der Waals surface area (Å²) < 4.78 is 12.4. The number of aliphatic hydroxyl groups excluding tert-OH is 1. The Morgan fingerprint density at radius 2 is 1.84 bits per heavy atom. The second kappa shape index (κ2) is 12.1. The van der Waals surface area contributed by atoms with Gasteiger partial charge in [0.25, 0.3) is 5.91 Å². The van der Waals surface area contributed by atoms with Crippen LogP contribution in [0.15, 0.2) is 72.8 Å². The number of hydrogen-bond donors (Lipinski definition) is 3. The molecule has 2 amide bonds. The van der Waals surface area contributed by atoms with Crippen LogP contribution in [0.1, 0.15) is 37.3 Å². The molecule has 0 aromatic heterocycles. The van der Waals surface area contributed by atoms with Crippen molar-refractivity contribution in [2.24, 2.45) is 5.92 Å². The normalized spacial score (nSPS) is 26.3. The van der Waals surface area contributed by atoms with Crippen LogP contribution in [0, 0.1) is 5.92 Å². The summed E-state index contributed by atoms with van der Waals surface area (Å²) >= 11 is 0. The molecule has 0 unspecified atom stereocenters. The van der Waals surface area contributed by atoms with E-state index in [1.165, 1.54) is 5.19 Å². The summed E-state index contributed by atoms with van der Waals surface area (Å²) in [6.07, 6.45) is 2.08. The molecule has 2 saturated heterocycles. The molecule has 0 bridgehead atoms. The number of carbonyl (C=O) groups excluding carboxylic acids is 2. The molecule has 8 nitrogen and oxygen atoms in total. The summed E-state index contributed by atoms with van der Waals surface area (Å²) in [5, 5.41) is 17.6. The molecule has 3 aliphatic rings. The van der Waals surface area contributed by atoms with Gasteiger partial charge in [-0.2, -0.15) is 0 Å². The minimum absolute atomic E-state index is 0.00366. The fourth-order valence-electron chi connectivity index (χ4n) is 7.84. The summed E-state index contributed by atoms with van der Waals surface area (Å²) in [5.74, 6) is 0.639. The molecule has 0 radical (unpaired) electrons. The van der Waals surface area contributed by atoms with Crippen molar-refractivity contribution >= 4 is 36.4 Å². The molecule has 3 heterocycles. The van der Waals surface area contributed by atoms with Crippen molar-refractivity contribution in [1.82, 2.24) is 5.32 Å². The third-order valence-electron chi connectivity index (χ3n) is 10.1. The zero-order valence-electron chi connectivity index (χ0n) is 26.0. The van der Waals surface area contributed by atoms with E-state index >= 15 is 0 Å². The number of methoxy groups -OCH3 is 1. The lowest BCUT2D eigenvalue weighted by Crippen LogP contribution is -2.51. The van der Waals surface area contributed by atoms with E-state index in [9.17, 15) is 14.7 Å². The Hall–Kier alpha value is -3.50. The van der Waals surface area contributed by atoms with Crippen LogP contribution >= 0.6 is 0 Å². The van der Waals surface area contributed by atoms with E-state index < -0.39 is 13.7 Å². The lowest BCUT2D eigenvalue weighted by molar-refractivity contribution is -0.146. The monoisotopic (exact) mass is 613 g/mol. The van der Waals surface area contributed by atoms with Gasteiger partial charge in [0.2, 0.25) is 5.91 Å². The quantitative estimate of drug-likeness (QED) is 0.307. The van der Waals surface area contributed by atoms with Crippen molar-refractivity contribution in [3.05, 3.63) is 83.9 Å². The highest BCUT2D eigenvalue weighted by atomic mass is 28.3. The van der Waals surface area contributed by atoms with Gasteiger partial charge in [-0.25, -0.2) is 0 Å². The highest BCUT2D eigenvalue weighted by molar-refractivity contribution is 6.91. The summed E-state index contributed by atoms with van der Waals surface area (Å²) in [5.41, 5.74) is 2.43. The maximum atomic E-state index is 14.7. The third kappa shape index (κ3) is 5.15. The summed E-state index contributed by atoms with van der Waals surface area (Å²) in [7, 11) is -0.549. The minimum Gasteiger partial charge on any atom is -0.497 e. The molecule has 44 heavy (non-hydrogen) atoms. The highest BCUT2D eigenvalue weighted by Crippen LogP contribution is 2.60. The predicted molar refractivity (Wildman–Crippen MR) is 175 cm³/mol. The average Bonchev–Trinajstić information content (AvgIpc) is 3.73. The van der Waals surface area contributed by atoms with E-state index in [1.807, 2.05) is 65.6 Å². The number of nitrogens with zero attached hydrogens (tertiary/aromatic N) is 1. The zero-order chi connectivity index (χ0) is 31.1. The Bertz CT molecular complexity index is 1510. The number of hydrogen-bond acceptors (Lipinski definition) is 6. The van der Waals surface area contributed by atoms with Crippen molar-refractivity contribution in [2.45, 2.75) is 69.1 Å². The Morgan fingerprint density at radius 1 is 1.11 bits per heavy atom. The molecular weight excluding hydrogens is 570 g/mol. The third-order valence-corrected chi connectivity index (χ3v) is 14.5. The second-order valence-corrected chi connectivity index (χ2v) is 17.6. The lowest BCUT2D eigenvalue weighted by Gasteiger charge is -2.37. The first kappa shape index (κ1) is 30.5. The van der Waals surface area contributed by atoms with Crippen LogP contribution in [0.2, 0.25) is 18.6 Å². The van der Waals surface area contributed by atoms with Gasteiger partial charge in [-0.1, -0.05) is 67.7 Å². The smallest absolute Gasteiger partial charge is 0.264 e. The highest BCUT2D eigenvalue weighted by Gasteiger charge is 2.66. The van der Waals surface area contributed by atoms with Crippen LogP contribution in [-0.4, -0.2) is 57.4 Å². The molecule has 0 saturated carbocycles. The Labute approximate surface area is 260 Å². The molecule has 3 aliphatic heterocycles. The standard InChI is InChI=1S/C35H43N3O5Si/c1-23-32(44(3,4)27-17-15-26(42-2)16-18-27)31(19-21-39)43-35(23)28-8-5-6-10-30(28)38(34(35)41)22-24-11-13-25(14-12-24)37-33(40)29-9-7-20-36-29/h5-6,8,10-18,23,29,31-32,36,39H,7,9,19-22H2,1-4H3,(H,37,40)/t23-,29+,31+,32-,35+/m0/s1. The first-order valence-electron chi connectivity index (χ1n) is 15.7. The molecule has 5 atom stereocenters. The largest absolute Gasteiger partial charge is 0.497 e. The summed E-state index contributed by atoms with van der Waals surface area (Å²) in [4.78, 5) is 29.1. The molecule has 3 aromatic rings. The summed E-state index contributed by atoms with van der Waals surface area (Å²) in [6, 6.07) is 23.8. The molecule has 3 N–H and O–H groups in total. The van der Waals surface area contributed by atoms with Crippen LogP contribution in [0.5, 0.6) is 5.75 Å². The van der Waals surface area contributed by atoms with Gasteiger partial charge in [0.05, 0.1) is 39.6 Å². The number of benzene rings is 3. The maximum absolute atomic E-state index is 14.7. The molecule has 3 aromatic carbocycles. The summed E-state index contributed by atoms with van der Waals surface area (Å²) in [6.45, 7) is 8.10. The lowest BCUT2D eigenvalue weighted by atomic mass is 9.82. The minimum atomic E-state index is -2.22. The molecule has 1 spiro atoms. The number of aliphatic hydroxyl groups is 1. The van der Waals surface area contributed by atoms with Crippen molar-refractivity contribution in [2.75, 3.05) is 30.5 Å². The van der Waals surface area contributed by atoms with Gasteiger partial charge in [0.1, 0.15) is 5.75 Å². The molecule has 9 heteroatoms. The van der Waals surface area contributed by atoms with Crippen LogP contribution in [-0.2, 0) is 26.5 Å². The predicted octanol–water partition coefficient (Wildman–Crippen LogP) is 4.53. The maximum Gasteiger partial charge on any atom is 0.264 e. The van der Waals surface area contributed by atoms with E-state index in [0.29, 0.717) is 13.0 Å². The fourth-order valence-corrected chi connectivity index (χ4v) is 11.9. The van der Waals surface area contributed by atoms with Gasteiger partial charge >= 0.3 is 0 Å². The van der Waals surface area contributed by atoms with Gasteiger partial charge < -0.3 is 30.1 Å². The number of fused-ring (bicyclic) bond motifs is 2. The second-order valence-electron chi connectivity index (χ2n) is 12.9. The molecule has 6 rings (SSSR count). The van der Waals surface area contributed by atoms with Gasteiger partial charge in [0.15, 0.2) is 5.60 Å². The number of rotatable bonds is 9. The van der Waals surface area contributed by atoms with Crippen LogP contribution < -0.4 is 25.5 Å². The Morgan fingerprint density at radius 3 is 2.50 bits per heavy atom. The Balaban J connectivity index is 1.29. The number of nitrogens with one attached hydrogen (secondary N) is 2. The van der Waals surface area contributed by atoms with Gasteiger partial charge in [-0.15, -0.1) is 0 Å². The van der Waals surface area contributed by atoms with E-state index in [2.05, 4.69) is 42.8 Å². The first-order valence-corrected chi connectivity index (χ1v) is 18.8. The number of ether oxygens (including phenoxy) is 2. The topological polar surface area (TPSA) is 100 Å². The first-order chi connectivity index (χ1) is 21.2. The average molecular weight is 614 g/mol. The van der Waals surface area contributed by atoms with E-state index in [4.69, 9.17) is 9.47 Å². The van der Waals surface area contributed by atoms with Gasteiger partial charge in [-0.3, -0.25) is 9.59 Å². The molecule has 2 fully saturated rings. The van der Waals surface area contributed by atoms with Crippen molar-refractivity contribution in [3.63, 3.8) is 0 Å². The molecular formula is C35H43N3O5Si. The van der Waals surface area contributed by atoms with Gasteiger partial charge in [0, 0.05) is 23.8 Å². The van der Waals surface area contributed by atoms with Crippen LogP contribution in [0.4, 0.5) is 11.4 Å². The van der Waals surface area contributed by atoms with Crippen LogP contribution in [0.3, 0.4) is 0 Å².